The first-order valence-corrected chi connectivity index (χ1v) is 5.01. The van der Waals surface area contributed by atoms with Crippen molar-refractivity contribution in [3.05, 3.63) is 28.8 Å². The molecule has 7 heteroatoms. The van der Waals surface area contributed by atoms with Gasteiger partial charge >= 0.3 is 0 Å². The number of aryl methyl sites for hydroxylation is 1. The lowest BCUT2D eigenvalue weighted by molar-refractivity contribution is 0.292. The molecule has 0 N–H and O–H groups in total. The molecule has 0 aliphatic carbocycles. The van der Waals surface area contributed by atoms with Crippen molar-refractivity contribution in [1.29, 1.82) is 0 Å². The summed E-state index contributed by atoms with van der Waals surface area (Å²) in [6.45, 7) is 0.276. The molecule has 0 aliphatic rings. The van der Waals surface area contributed by atoms with E-state index in [2.05, 4.69) is 36.3 Å². The minimum Gasteiger partial charge on any atom is -0.483 e. The van der Waals surface area contributed by atoms with Gasteiger partial charge in [0.25, 0.3) is 0 Å². The summed E-state index contributed by atoms with van der Waals surface area (Å²) in [5.74, 6) is 1.19. The highest BCUT2D eigenvalue weighted by molar-refractivity contribution is 9.10. The number of nitrogens with zero attached hydrogens (tertiary/aromatic N) is 5. The largest absolute Gasteiger partial charge is 0.483 e. The van der Waals surface area contributed by atoms with E-state index in [9.17, 15) is 0 Å². The maximum absolute atomic E-state index is 5.45. The lowest BCUT2D eigenvalue weighted by atomic mass is 10.5. The lowest BCUT2D eigenvalue weighted by Gasteiger charge is -2.03. The maximum atomic E-state index is 5.45. The highest BCUT2D eigenvalue weighted by Crippen LogP contribution is 2.21. The van der Waals surface area contributed by atoms with Crippen LogP contribution in [0.3, 0.4) is 0 Å². The first kappa shape index (κ1) is 10.0. The maximum Gasteiger partial charge on any atom is 0.212 e. The van der Waals surface area contributed by atoms with Gasteiger partial charge in [0.15, 0.2) is 12.4 Å². The van der Waals surface area contributed by atoms with Gasteiger partial charge in [-0.25, -0.2) is 4.98 Å². The first-order valence-electron chi connectivity index (χ1n) is 4.22. The summed E-state index contributed by atoms with van der Waals surface area (Å²) in [4.78, 5) is 5.41. The molecule has 0 saturated heterocycles. The van der Waals surface area contributed by atoms with Gasteiger partial charge in [-0.3, -0.25) is 0 Å². The molecule has 0 amide bonds. The van der Waals surface area contributed by atoms with E-state index in [4.69, 9.17) is 4.74 Å². The second-order valence-corrected chi connectivity index (χ2v) is 3.53. The van der Waals surface area contributed by atoms with E-state index < -0.39 is 0 Å². The Morgan fingerprint density at radius 2 is 2.40 bits per heavy atom. The zero-order chi connectivity index (χ0) is 10.7. The molecule has 2 heterocycles. The Morgan fingerprint density at radius 3 is 3.07 bits per heavy atom. The summed E-state index contributed by atoms with van der Waals surface area (Å²) in [6.07, 6.45) is 1.68. The van der Waals surface area contributed by atoms with Crippen molar-refractivity contribution in [2.24, 2.45) is 7.05 Å². The highest BCUT2D eigenvalue weighted by Gasteiger charge is 2.04. The first-order chi connectivity index (χ1) is 7.25. The van der Waals surface area contributed by atoms with Gasteiger partial charge in [-0.05, 0) is 33.3 Å². The third kappa shape index (κ3) is 2.50. The van der Waals surface area contributed by atoms with Gasteiger partial charge in [0.05, 0.1) is 7.05 Å². The molecule has 0 saturated carbocycles. The van der Waals surface area contributed by atoms with Crippen molar-refractivity contribution in [3.8, 4) is 5.75 Å². The highest BCUT2D eigenvalue weighted by atomic mass is 79.9. The number of ether oxygens (including phenoxy) is 1. The Morgan fingerprint density at radius 1 is 1.53 bits per heavy atom. The van der Waals surface area contributed by atoms with Crippen molar-refractivity contribution >= 4 is 15.9 Å². The van der Waals surface area contributed by atoms with Gasteiger partial charge in [0, 0.05) is 6.20 Å². The Balaban J connectivity index is 2.02. The van der Waals surface area contributed by atoms with E-state index in [0.29, 0.717) is 16.2 Å². The molecule has 6 nitrogen and oxygen atoms in total. The number of rotatable bonds is 3. The summed E-state index contributed by atoms with van der Waals surface area (Å²) in [7, 11) is 1.70. The molecule has 2 rings (SSSR count). The predicted molar refractivity (Wildman–Crippen MR) is 55.1 cm³/mol. The topological polar surface area (TPSA) is 65.7 Å². The van der Waals surface area contributed by atoms with Crippen molar-refractivity contribution in [2.45, 2.75) is 6.61 Å². The lowest BCUT2D eigenvalue weighted by Crippen LogP contribution is -1.99. The molecule has 2 aromatic rings. The number of pyridine rings is 1. The second kappa shape index (κ2) is 4.35. The van der Waals surface area contributed by atoms with Crippen molar-refractivity contribution < 1.29 is 4.74 Å². The van der Waals surface area contributed by atoms with Crippen molar-refractivity contribution in [3.63, 3.8) is 0 Å². The van der Waals surface area contributed by atoms with Crippen LogP contribution in [0.2, 0.25) is 0 Å². The molecule has 0 unspecified atom stereocenters. The molecule has 0 fully saturated rings. The quantitative estimate of drug-likeness (QED) is 0.777. The molecular weight excluding hydrogens is 262 g/mol. The molecule has 78 valence electrons. The summed E-state index contributed by atoms with van der Waals surface area (Å²) in [6, 6.07) is 3.61. The summed E-state index contributed by atoms with van der Waals surface area (Å²) >= 11 is 3.28. The monoisotopic (exact) mass is 269 g/mol. The molecule has 0 atom stereocenters. The summed E-state index contributed by atoms with van der Waals surface area (Å²) < 4.78 is 6.11. The van der Waals surface area contributed by atoms with Crippen molar-refractivity contribution in [1.82, 2.24) is 25.2 Å². The SMILES string of the molecule is Cn1nnc(COc2cccnc2Br)n1. The van der Waals surface area contributed by atoms with Gasteiger partial charge in [0.1, 0.15) is 4.60 Å². The van der Waals surface area contributed by atoms with Crippen LogP contribution in [0.5, 0.6) is 5.75 Å². The Bertz CT molecular complexity index is 458. The fourth-order valence-electron chi connectivity index (χ4n) is 1.00. The van der Waals surface area contributed by atoms with Crippen LogP contribution in [0.1, 0.15) is 5.82 Å². The average molecular weight is 270 g/mol. The third-order valence-corrected chi connectivity index (χ3v) is 2.23. The molecule has 0 aromatic carbocycles. The van der Waals surface area contributed by atoms with E-state index in [1.54, 1.807) is 19.3 Å². The Kier molecular flexibility index (Phi) is 2.91. The zero-order valence-electron chi connectivity index (χ0n) is 7.96. The summed E-state index contributed by atoms with van der Waals surface area (Å²) in [5.41, 5.74) is 0. The minimum atomic E-state index is 0.276. The fraction of sp³-hybridized carbons (Fsp3) is 0.250. The second-order valence-electron chi connectivity index (χ2n) is 2.78. The number of hydrogen-bond acceptors (Lipinski definition) is 5. The molecule has 0 bridgehead atoms. The zero-order valence-corrected chi connectivity index (χ0v) is 9.55. The molecule has 2 aromatic heterocycles. The molecular formula is C8H8BrN5O. The van der Waals surface area contributed by atoms with E-state index in [-0.39, 0.29) is 6.61 Å². The van der Waals surface area contributed by atoms with Gasteiger partial charge in [0.2, 0.25) is 5.82 Å². The third-order valence-electron chi connectivity index (χ3n) is 1.63. The van der Waals surface area contributed by atoms with Crippen LogP contribution in [0, 0.1) is 0 Å². The van der Waals surface area contributed by atoms with Gasteiger partial charge < -0.3 is 4.74 Å². The van der Waals surface area contributed by atoms with Gasteiger partial charge in [-0.1, -0.05) is 0 Å². The van der Waals surface area contributed by atoms with Crippen LogP contribution >= 0.6 is 15.9 Å². The van der Waals surface area contributed by atoms with Crippen LogP contribution in [0.15, 0.2) is 22.9 Å². The van der Waals surface area contributed by atoms with Crippen LogP contribution in [0.25, 0.3) is 0 Å². The number of aromatic nitrogens is 5. The van der Waals surface area contributed by atoms with E-state index in [0.717, 1.165) is 0 Å². The van der Waals surface area contributed by atoms with Crippen LogP contribution < -0.4 is 4.74 Å². The smallest absolute Gasteiger partial charge is 0.212 e. The van der Waals surface area contributed by atoms with Gasteiger partial charge in [-0.15, -0.1) is 10.2 Å². The molecule has 15 heavy (non-hydrogen) atoms. The normalized spacial score (nSPS) is 10.3. The average Bonchev–Trinajstić information content (AvgIpc) is 2.63. The molecule has 0 radical (unpaired) electrons. The standard InChI is InChI=1S/C8H8BrN5O/c1-14-12-7(11-13-14)5-15-6-3-2-4-10-8(6)9/h2-4H,5H2,1H3. The number of hydrogen-bond donors (Lipinski definition) is 0. The predicted octanol–water partition coefficient (Wildman–Crippen LogP) is 0.947. The van der Waals surface area contributed by atoms with Crippen LogP contribution in [-0.4, -0.2) is 25.2 Å². The minimum absolute atomic E-state index is 0.276. The van der Waals surface area contributed by atoms with Crippen molar-refractivity contribution in [2.75, 3.05) is 0 Å². The van der Waals surface area contributed by atoms with E-state index in [1.165, 1.54) is 4.80 Å². The molecule has 0 spiro atoms. The molecule has 0 aliphatic heterocycles. The summed E-state index contributed by atoms with van der Waals surface area (Å²) in [5, 5.41) is 11.5. The van der Waals surface area contributed by atoms with Crippen LogP contribution in [0.4, 0.5) is 0 Å². The Labute approximate surface area is 94.4 Å². The van der Waals surface area contributed by atoms with E-state index >= 15 is 0 Å². The van der Waals surface area contributed by atoms with E-state index in [1.807, 2.05) is 6.07 Å². The number of halogens is 1. The Hall–Kier alpha value is -1.50. The van der Waals surface area contributed by atoms with Gasteiger partial charge in [-0.2, -0.15) is 4.80 Å². The fourth-order valence-corrected chi connectivity index (χ4v) is 1.37. The number of tetrazole rings is 1. The van der Waals surface area contributed by atoms with Crippen LogP contribution in [-0.2, 0) is 13.7 Å².